The Labute approximate surface area is 166 Å². The van der Waals surface area contributed by atoms with Gasteiger partial charge in [-0.15, -0.1) is 5.11 Å². The molecule has 1 aromatic rings. The number of nitrogens with zero attached hydrogens (tertiary/aromatic N) is 4. The lowest BCUT2D eigenvalue weighted by atomic mass is 9.69. The summed E-state index contributed by atoms with van der Waals surface area (Å²) in [4.78, 5) is 33.3. The smallest absolute Gasteiger partial charge is 0.317 e. The lowest BCUT2D eigenvalue weighted by molar-refractivity contribution is -0.165. The lowest BCUT2D eigenvalue weighted by Gasteiger charge is -2.49. The van der Waals surface area contributed by atoms with Gasteiger partial charge in [-0.1, -0.05) is 51.7 Å². The van der Waals surface area contributed by atoms with E-state index in [9.17, 15) is 14.7 Å². The van der Waals surface area contributed by atoms with Crippen molar-refractivity contribution in [3.63, 3.8) is 0 Å². The molecule has 2 unspecified atom stereocenters. The van der Waals surface area contributed by atoms with Gasteiger partial charge in [-0.3, -0.25) is 9.59 Å². The number of hydrogen-bond acceptors (Lipinski definition) is 6. The second-order valence-corrected chi connectivity index (χ2v) is 7.81. The highest BCUT2D eigenvalue weighted by Crippen LogP contribution is 2.48. The molecule has 156 valence electrons. The van der Waals surface area contributed by atoms with Gasteiger partial charge in [0.1, 0.15) is 5.41 Å². The zero-order valence-electron chi connectivity index (χ0n) is 17.4. The summed E-state index contributed by atoms with van der Waals surface area (Å²) in [6, 6.07) is 0. The van der Waals surface area contributed by atoms with Gasteiger partial charge in [-0.2, -0.15) is 0 Å². The zero-order chi connectivity index (χ0) is 20.8. The standard InChI is InChI=1S/C20H33N5O3/c1-5-8-10-15(16-13-21-14-22-16)20(23-24-25(20)12-9-6-2)17(26)19(4,11-7-3)18(27)28/h13-15H,5-12H2,1-4H3,(H,21,22)(H,27,28)/t15?,19?,20-/m0/s1. The molecule has 2 heterocycles. The number of nitrogens with one attached hydrogen (secondary N) is 1. The third kappa shape index (κ3) is 3.82. The van der Waals surface area contributed by atoms with Crippen LogP contribution >= 0.6 is 0 Å². The SMILES string of the molecule is CCCCC(c1cnc[nH]1)[C@]1(C(=O)C(C)(CCC)C(=O)O)N=NN1CCCC. The number of unbranched alkanes of at least 4 members (excludes halogenated alkanes) is 2. The molecule has 8 nitrogen and oxygen atoms in total. The average Bonchev–Trinajstić information content (AvgIpc) is 3.18. The van der Waals surface area contributed by atoms with Crippen LogP contribution in [0.1, 0.15) is 84.3 Å². The molecule has 1 aromatic heterocycles. The van der Waals surface area contributed by atoms with E-state index in [-0.39, 0.29) is 18.1 Å². The number of imidazole rings is 1. The van der Waals surface area contributed by atoms with Crippen LogP contribution in [0.3, 0.4) is 0 Å². The van der Waals surface area contributed by atoms with Gasteiger partial charge >= 0.3 is 5.97 Å². The molecule has 0 fully saturated rings. The van der Waals surface area contributed by atoms with Crippen molar-refractivity contribution < 1.29 is 14.7 Å². The highest BCUT2D eigenvalue weighted by molar-refractivity contribution is 6.08. The molecule has 8 heteroatoms. The van der Waals surface area contributed by atoms with Gasteiger partial charge in [0.05, 0.1) is 12.2 Å². The zero-order valence-corrected chi connectivity index (χ0v) is 17.4. The second kappa shape index (κ2) is 9.30. The fourth-order valence-corrected chi connectivity index (χ4v) is 3.96. The Bertz CT molecular complexity index is 690. The maximum Gasteiger partial charge on any atom is 0.317 e. The first-order chi connectivity index (χ1) is 13.4. The van der Waals surface area contributed by atoms with Crippen molar-refractivity contribution in [2.45, 2.75) is 84.2 Å². The van der Waals surface area contributed by atoms with Gasteiger partial charge in [0.2, 0.25) is 11.4 Å². The van der Waals surface area contributed by atoms with Crippen LogP contribution in [0.25, 0.3) is 0 Å². The molecule has 3 atom stereocenters. The predicted molar refractivity (Wildman–Crippen MR) is 106 cm³/mol. The molecule has 0 saturated heterocycles. The predicted octanol–water partition coefficient (Wildman–Crippen LogP) is 4.32. The molecule has 1 aliphatic heterocycles. The summed E-state index contributed by atoms with van der Waals surface area (Å²) >= 11 is 0. The van der Waals surface area contributed by atoms with E-state index in [1.807, 2.05) is 6.92 Å². The summed E-state index contributed by atoms with van der Waals surface area (Å²) in [5.41, 5.74) is -2.01. The van der Waals surface area contributed by atoms with Gasteiger partial charge in [-0.25, -0.2) is 9.99 Å². The molecule has 0 aromatic carbocycles. The Morgan fingerprint density at radius 1 is 1.25 bits per heavy atom. The van der Waals surface area contributed by atoms with Gasteiger partial charge in [-0.05, 0) is 26.2 Å². The van der Waals surface area contributed by atoms with Crippen LogP contribution in [-0.2, 0) is 9.59 Å². The number of carbonyl (C=O) groups excluding carboxylic acids is 1. The van der Waals surface area contributed by atoms with Crippen molar-refractivity contribution in [2.75, 3.05) is 6.54 Å². The monoisotopic (exact) mass is 391 g/mol. The number of aromatic nitrogens is 2. The van der Waals surface area contributed by atoms with E-state index in [4.69, 9.17) is 0 Å². The Kier molecular flexibility index (Phi) is 7.32. The number of ketones is 1. The molecule has 1 aliphatic rings. The van der Waals surface area contributed by atoms with Crippen LogP contribution in [0.15, 0.2) is 22.9 Å². The van der Waals surface area contributed by atoms with E-state index < -0.39 is 17.0 Å². The number of rotatable bonds is 13. The fourth-order valence-electron chi connectivity index (χ4n) is 3.96. The van der Waals surface area contributed by atoms with Crippen molar-refractivity contribution in [1.29, 1.82) is 0 Å². The van der Waals surface area contributed by atoms with Crippen LogP contribution < -0.4 is 0 Å². The van der Waals surface area contributed by atoms with Gasteiger partial charge in [0.15, 0.2) is 0 Å². The number of aliphatic carboxylic acids is 1. The molecule has 0 radical (unpaired) electrons. The molecular weight excluding hydrogens is 358 g/mol. The lowest BCUT2D eigenvalue weighted by Crippen LogP contribution is -2.65. The fraction of sp³-hybridized carbons (Fsp3) is 0.750. The molecule has 0 aliphatic carbocycles. The number of Topliss-reactive ketones (excluding diaryl/α,β-unsaturated/α-hetero) is 1. The minimum Gasteiger partial charge on any atom is -0.481 e. The molecule has 2 N–H and O–H groups in total. The van der Waals surface area contributed by atoms with E-state index in [0.717, 1.165) is 31.4 Å². The number of hydrogen-bond donors (Lipinski definition) is 2. The van der Waals surface area contributed by atoms with E-state index in [1.165, 1.54) is 6.92 Å². The first-order valence-electron chi connectivity index (χ1n) is 10.3. The van der Waals surface area contributed by atoms with E-state index >= 15 is 0 Å². The van der Waals surface area contributed by atoms with Crippen LogP contribution in [0.4, 0.5) is 0 Å². The van der Waals surface area contributed by atoms with Crippen molar-refractivity contribution >= 4 is 11.8 Å². The maximum absolute atomic E-state index is 13.9. The van der Waals surface area contributed by atoms with Crippen LogP contribution in [0.2, 0.25) is 0 Å². The topological polar surface area (TPSA) is 111 Å². The molecular formula is C20H33N5O3. The van der Waals surface area contributed by atoms with Crippen LogP contribution in [0, 0.1) is 5.41 Å². The van der Waals surface area contributed by atoms with Crippen LogP contribution in [0.5, 0.6) is 0 Å². The summed E-state index contributed by atoms with van der Waals surface area (Å²) < 4.78 is 0. The molecule has 0 amide bonds. The Morgan fingerprint density at radius 3 is 2.43 bits per heavy atom. The van der Waals surface area contributed by atoms with Crippen molar-refractivity contribution in [1.82, 2.24) is 15.0 Å². The molecule has 28 heavy (non-hydrogen) atoms. The van der Waals surface area contributed by atoms with E-state index in [0.29, 0.717) is 19.4 Å². The highest BCUT2D eigenvalue weighted by atomic mass is 16.4. The third-order valence-electron chi connectivity index (χ3n) is 5.71. The van der Waals surface area contributed by atoms with E-state index in [2.05, 4.69) is 34.2 Å². The summed E-state index contributed by atoms with van der Waals surface area (Å²) in [6.45, 7) is 8.15. The summed E-state index contributed by atoms with van der Waals surface area (Å²) in [5, 5.41) is 20.2. The summed E-state index contributed by atoms with van der Waals surface area (Å²) in [6.07, 6.45) is 8.53. The third-order valence-corrected chi connectivity index (χ3v) is 5.71. The second-order valence-electron chi connectivity index (χ2n) is 7.81. The summed E-state index contributed by atoms with van der Waals surface area (Å²) in [7, 11) is 0. The average molecular weight is 392 g/mol. The Hall–Kier alpha value is -2.25. The first-order valence-corrected chi connectivity index (χ1v) is 10.3. The number of H-pyrrole nitrogens is 1. The molecule has 2 rings (SSSR count). The normalized spacial score (nSPS) is 21.8. The Balaban J connectivity index is 2.55. The maximum atomic E-state index is 13.9. The Morgan fingerprint density at radius 2 is 1.96 bits per heavy atom. The van der Waals surface area contributed by atoms with Gasteiger partial charge < -0.3 is 10.1 Å². The number of carboxylic acid groups (broad SMARTS) is 1. The number of carboxylic acids is 1. The largest absolute Gasteiger partial charge is 0.481 e. The van der Waals surface area contributed by atoms with Crippen molar-refractivity contribution in [3.05, 3.63) is 18.2 Å². The summed E-state index contributed by atoms with van der Waals surface area (Å²) in [5.74, 6) is -1.79. The highest BCUT2D eigenvalue weighted by Gasteiger charge is 2.63. The van der Waals surface area contributed by atoms with Gasteiger partial charge in [0.25, 0.3) is 0 Å². The number of aromatic amines is 1. The van der Waals surface area contributed by atoms with E-state index in [1.54, 1.807) is 17.5 Å². The number of carbonyl (C=O) groups is 2. The van der Waals surface area contributed by atoms with Crippen molar-refractivity contribution in [2.24, 2.45) is 15.8 Å². The first kappa shape index (κ1) is 22.0. The molecule has 0 spiro atoms. The van der Waals surface area contributed by atoms with Gasteiger partial charge in [0, 0.05) is 18.4 Å². The quantitative estimate of drug-likeness (QED) is 0.486. The minimum absolute atomic E-state index is 0.267. The van der Waals surface area contributed by atoms with Crippen LogP contribution in [-0.4, -0.2) is 44.0 Å². The minimum atomic E-state index is -1.51. The molecule has 0 saturated carbocycles. The molecule has 0 bridgehead atoms. The van der Waals surface area contributed by atoms with Crippen molar-refractivity contribution in [3.8, 4) is 0 Å².